The van der Waals surface area contributed by atoms with Gasteiger partial charge < -0.3 is 15.0 Å². The van der Waals surface area contributed by atoms with Crippen molar-refractivity contribution < 1.29 is 14.7 Å². The van der Waals surface area contributed by atoms with E-state index in [0.29, 0.717) is 12.1 Å². The third-order valence-electron chi connectivity index (χ3n) is 5.41. The van der Waals surface area contributed by atoms with E-state index < -0.39 is 17.9 Å². The number of carbonyl (C=O) groups is 2. The molecule has 1 aromatic heterocycles. The van der Waals surface area contributed by atoms with Gasteiger partial charge in [-0.15, -0.1) is 0 Å². The second kappa shape index (κ2) is 12.1. The summed E-state index contributed by atoms with van der Waals surface area (Å²) >= 11 is 0. The number of carbonyl (C=O) groups excluding carboxylic acids is 1. The van der Waals surface area contributed by atoms with Crippen molar-refractivity contribution in [2.24, 2.45) is 0 Å². The number of hydrogen-bond donors (Lipinski definition) is 2. The van der Waals surface area contributed by atoms with Crippen LogP contribution in [0.15, 0.2) is 41.2 Å². The minimum atomic E-state index is -1.22. The Kier molecular flexibility index (Phi) is 9.50. The second-order valence-corrected chi connectivity index (χ2v) is 7.85. The Morgan fingerprint density at radius 2 is 1.68 bits per heavy atom. The monoisotopic (exact) mass is 426 g/mol. The molecule has 0 bridgehead atoms. The number of amides is 1. The van der Waals surface area contributed by atoms with Gasteiger partial charge >= 0.3 is 5.97 Å². The first-order chi connectivity index (χ1) is 14.9. The van der Waals surface area contributed by atoms with Gasteiger partial charge in [0, 0.05) is 12.2 Å². The number of benzene rings is 1. The molecule has 31 heavy (non-hydrogen) atoms. The van der Waals surface area contributed by atoms with Gasteiger partial charge in [0.1, 0.15) is 5.56 Å². The number of unbranched alkanes of at least 4 members (excludes halogenated alkanes) is 2. The molecule has 1 amide bonds. The molecule has 1 heterocycles. The smallest absolute Gasteiger partial charge is 0.330 e. The molecule has 0 aliphatic carbocycles. The minimum Gasteiger partial charge on any atom is -0.479 e. The van der Waals surface area contributed by atoms with Crippen LogP contribution in [0.4, 0.5) is 0 Å². The van der Waals surface area contributed by atoms with Crippen molar-refractivity contribution in [3.05, 3.63) is 69.1 Å². The Labute approximate surface area is 184 Å². The first kappa shape index (κ1) is 24.4. The summed E-state index contributed by atoms with van der Waals surface area (Å²) in [5.74, 6) is -1.81. The van der Waals surface area contributed by atoms with Crippen LogP contribution < -0.4 is 10.9 Å². The third-order valence-corrected chi connectivity index (χ3v) is 5.41. The second-order valence-electron chi connectivity index (χ2n) is 7.85. The highest BCUT2D eigenvalue weighted by molar-refractivity contribution is 5.96. The van der Waals surface area contributed by atoms with Crippen LogP contribution >= 0.6 is 0 Å². The Bertz CT molecular complexity index is 935. The van der Waals surface area contributed by atoms with Crippen molar-refractivity contribution in [2.75, 3.05) is 0 Å². The fraction of sp³-hybridized carbons (Fsp3) is 0.480. The van der Waals surface area contributed by atoms with Gasteiger partial charge in [0.15, 0.2) is 6.04 Å². The maximum atomic E-state index is 13.3. The van der Waals surface area contributed by atoms with Crippen LogP contribution in [-0.4, -0.2) is 21.6 Å². The Hall–Kier alpha value is -2.89. The number of nitrogens with one attached hydrogen (secondary N) is 1. The lowest BCUT2D eigenvalue weighted by atomic mass is 10.00. The van der Waals surface area contributed by atoms with Gasteiger partial charge in [-0.05, 0) is 42.9 Å². The molecule has 6 nitrogen and oxygen atoms in total. The fourth-order valence-electron chi connectivity index (χ4n) is 3.74. The van der Waals surface area contributed by atoms with E-state index in [-0.39, 0.29) is 11.1 Å². The van der Waals surface area contributed by atoms with Crippen molar-refractivity contribution in [3.63, 3.8) is 0 Å². The van der Waals surface area contributed by atoms with Crippen molar-refractivity contribution in [1.29, 1.82) is 0 Å². The molecule has 0 saturated heterocycles. The molecule has 1 atom stereocenters. The summed E-state index contributed by atoms with van der Waals surface area (Å²) in [6.45, 7) is 6.82. The van der Waals surface area contributed by atoms with Gasteiger partial charge in [-0.3, -0.25) is 9.59 Å². The predicted octanol–water partition coefficient (Wildman–Crippen LogP) is 4.50. The Balaban J connectivity index is 2.50. The van der Waals surface area contributed by atoms with E-state index in [4.69, 9.17) is 0 Å². The number of nitrogens with zero attached hydrogens (tertiary/aromatic N) is 1. The number of rotatable bonds is 12. The van der Waals surface area contributed by atoms with E-state index in [9.17, 15) is 19.5 Å². The molecular weight excluding hydrogens is 392 g/mol. The van der Waals surface area contributed by atoms with E-state index in [1.54, 1.807) is 41.0 Å². The molecule has 1 aromatic carbocycles. The largest absolute Gasteiger partial charge is 0.479 e. The van der Waals surface area contributed by atoms with E-state index in [1.165, 1.54) is 0 Å². The molecule has 2 N–H and O–H groups in total. The normalized spacial score (nSPS) is 11.8. The average Bonchev–Trinajstić information content (AvgIpc) is 2.76. The Morgan fingerprint density at radius 1 is 1.00 bits per heavy atom. The molecule has 0 fully saturated rings. The molecule has 0 aliphatic heterocycles. The van der Waals surface area contributed by atoms with Crippen LogP contribution in [0.25, 0.3) is 0 Å². The van der Waals surface area contributed by atoms with Crippen LogP contribution in [0, 0.1) is 0 Å². The van der Waals surface area contributed by atoms with Crippen LogP contribution in [0.2, 0.25) is 0 Å². The highest BCUT2D eigenvalue weighted by Crippen LogP contribution is 2.18. The molecular formula is C25H34N2O4. The zero-order chi connectivity index (χ0) is 22.8. The molecule has 0 aliphatic rings. The number of carboxylic acids is 1. The molecule has 0 unspecified atom stereocenters. The van der Waals surface area contributed by atoms with E-state index in [1.807, 2.05) is 0 Å². The summed E-state index contributed by atoms with van der Waals surface area (Å²) in [5.41, 5.74) is 2.15. The quantitative estimate of drug-likeness (QED) is 0.523. The van der Waals surface area contributed by atoms with Gasteiger partial charge in [0.25, 0.3) is 11.5 Å². The number of aryl methyl sites for hydroxylation is 1. The Morgan fingerprint density at radius 3 is 2.26 bits per heavy atom. The van der Waals surface area contributed by atoms with Crippen LogP contribution in [0.5, 0.6) is 0 Å². The average molecular weight is 427 g/mol. The van der Waals surface area contributed by atoms with Crippen LogP contribution in [-0.2, 0) is 24.2 Å². The maximum Gasteiger partial charge on any atom is 0.330 e. The number of aromatic nitrogens is 1. The van der Waals surface area contributed by atoms with Crippen molar-refractivity contribution >= 4 is 11.9 Å². The topological polar surface area (TPSA) is 88.4 Å². The van der Waals surface area contributed by atoms with Gasteiger partial charge in [-0.2, -0.15) is 0 Å². The van der Waals surface area contributed by atoms with E-state index >= 15 is 0 Å². The van der Waals surface area contributed by atoms with Crippen molar-refractivity contribution in [3.8, 4) is 0 Å². The fourth-order valence-corrected chi connectivity index (χ4v) is 3.74. The molecule has 0 spiro atoms. The lowest BCUT2D eigenvalue weighted by molar-refractivity contribution is -0.139. The van der Waals surface area contributed by atoms with Crippen LogP contribution in [0.3, 0.4) is 0 Å². The van der Waals surface area contributed by atoms with Crippen LogP contribution in [0.1, 0.15) is 86.1 Å². The molecule has 168 valence electrons. The number of hydrogen-bond acceptors (Lipinski definition) is 3. The number of aliphatic carboxylic acids is 1. The highest BCUT2D eigenvalue weighted by Gasteiger charge is 2.25. The molecule has 6 heteroatoms. The summed E-state index contributed by atoms with van der Waals surface area (Å²) in [5, 5.41) is 12.2. The van der Waals surface area contributed by atoms with Gasteiger partial charge in [-0.25, -0.2) is 4.79 Å². The minimum absolute atomic E-state index is 0.0157. The van der Waals surface area contributed by atoms with E-state index in [2.05, 4.69) is 26.1 Å². The summed E-state index contributed by atoms with van der Waals surface area (Å²) in [4.78, 5) is 38.2. The standard InChI is InChI=1S/C25H34N2O4/c1-4-7-15-21-19(12-6-3)17-20(24(29)27(21)16-8-5-2)23(28)26-22(25(30)31)18-13-10-9-11-14-18/h9-11,13-14,17,22H,4-8,12,15-16H2,1-3H3,(H,26,28)(H,30,31)/t22-/m1/s1. The summed E-state index contributed by atoms with van der Waals surface area (Å²) < 4.78 is 1.75. The lowest BCUT2D eigenvalue weighted by Gasteiger charge is -2.20. The summed E-state index contributed by atoms with van der Waals surface area (Å²) in [7, 11) is 0. The highest BCUT2D eigenvalue weighted by atomic mass is 16.4. The number of pyridine rings is 1. The summed E-state index contributed by atoms with van der Waals surface area (Å²) in [6, 6.07) is 8.98. The third kappa shape index (κ3) is 6.29. The van der Waals surface area contributed by atoms with Gasteiger partial charge in [0.2, 0.25) is 0 Å². The van der Waals surface area contributed by atoms with Gasteiger partial charge in [-0.1, -0.05) is 70.4 Å². The van der Waals surface area contributed by atoms with Crippen molar-refractivity contribution in [1.82, 2.24) is 9.88 Å². The number of carboxylic acid groups (broad SMARTS) is 1. The lowest BCUT2D eigenvalue weighted by Crippen LogP contribution is -2.39. The zero-order valence-electron chi connectivity index (χ0n) is 18.8. The first-order valence-corrected chi connectivity index (χ1v) is 11.3. The molecule has 0 saturated carbocycles. The predicted molar refractivity (Wildman–Crippen MR) is 123 cm³/mol. The van der Waals surface area contributed by atoms with Gasteiger partial charge in [0.05, 0.1) is 0 Å². The maximum absolute atomic E-state index is 13.3. The molecule has 2 aromatic rings. The van der Waals surface area contributed by atoms with Crippen molar-refractivity contribution in [2.45, 2.75) is 78.3 Å². The first-order valence-electron chi connectivity index (χ1n) is 11.3. The SMILES string of the molecule is CCCCc1c(CCC)cc(C(=O)N[C@@H](C(=O)O)c2ccccc2)c(=O)n1CCCC. The zero-order valence-corrected chi connectivity index (χ0v) is 18.8. The summed E-state index contributed by atoms with van der Waals surface area (Å²) in [6.07, 6.45) is 6.25. The molecule has 2 rings (SSSR count). The van der Waals surface area contributed by atoms with E-state index in [0.717, 1.165) is 56.2 Å². The molecule has 0 radical (unpaired) electrons.